The van der Waals surface area contributed by atoms with Crippen LogP contribution in [0.1, 0.15) is 31.7 Å². The van der Waals surface area contributed by atoms with Crippen LogP contribution in [0.4, 0.5) is 4.79 Å². The van der Waals surface area contributed by atoms with Crippen LogP contribution in [-0.2, 0) is 6.42 Å². The van der Waals surface area contributed by atoms with E-state index in [9.17, 15) is 4.79 Å². The highest BCUT2D eigenvalue weighted by Crippen LogP contribution is 2.13. The molecule has 4 nitrogen and oxygen atoms in total. The zero-order valence-corrected chi connectivity index (χ0v) is 12.2. The van der Waals surface area contributed by atoms with Crippen molar-refractivity contribution < 1.29 is 9.53 Å². The van der Waals surface area contributed by atoms with Crippen LogP contribution in [0.15, 0.2) is 24.3 Å². The average Bonchev–Trinajstić information content (AvgIpc) is 2.52. The number of aryl methyl sites for hydroxylation is 1. The Balaban J connectivity index is 1.66. The summed E-state index contributed by atoms with van der Waals surface area (Å²) in [5, 5.41) is 2.91. The van der Waals surface area contributed by atoms with Gasteiger partial charge in [-0.15, -0.1) is 0 Å². The summed E-state index contributed by atoms with van der Waals surface area (Å²) in [5.74, 6) is 0.872. The van der Waals surface area contributed by atoms with E-state index in [-0.39, 0.29) is 6.03 Å². The van der Waals surface area contributed by atoms with Crippen molar-refractivity contribution in [3.05, 3.63) is 29.8 Å². The van der Waals surface area contributed by atoms with Gasteiger partial charge in [0.05, 0.1) is 6.54 Å². The van der Waals surface area contributed by atoms with Gasteiger partial charge in [-0.3, -0.25) is 0 Å². The molecule has 1 saturated heterocycles. The van der Waals surface area contributed by atoms with Crippen molar-refractivity contribution in [2.45, 2.75) is 32.6 Å². The number of carbonyl (C=O) groups excluding carboxylic acids is 1. The number of hydrogen-bond acceptors (Lipinski definition) is 2. The molecule has 4 heteroatoms. The van der Waals surface area contributed by atoms with Gasteiger partial charge < -0.3 is 15.0 Å². The Morgan fingerprint density at radius 3 is 2.85 bits per heavy atom. The number of ether oxygens (including phenoxy) is 1. The fourth-order valence-electron chi connectivity index (χ4n) is 2.39. The summed E-state index contributed by atoms with van der Waals surface area (Å²) in [6.07, 6.45) is 4.48. The summed E-state index contributed by atoms with van der Waals surface area (Å²) in [7, 11) is 0. The van der Waals surface area contributed by atoms with Gasteiger partial charge in [0.1, 0.15) is 12.4 Å². The number of urea groups is 1. The third kappa shape index (κ3) is 4.44. The molecule has 0 saturated carbocycles. The summed E-state index contributed by atoms with van der Waals surface area (Å²) in [5.41, 5.74) is 1.26. The number of carbonyl (C=O) groups is 1. The van der Waals surface area contributed by atoms with Crippen LogP contribution in [0.5, 0.6) is 5.75 Å². The van der Waals surface area contributed by atoms with Gasteiger partial charge in [0, 0.05) is 13.1 Å². The van der Waals surface area contributed by atoms with E-state index in [1.807, 2.05) is 23.1 Å². The van der Waals surface area contributed by atoms with Gasteiger partial charge in [-0.2, -0.15) is 0 Å². The van der Waals surface area contributed by atoms with Gasteiger partial charge in [-0.1, -0.05) is 19.1 Å². The molecule has 1 N–H and O–H groups in total. The Hall–Kier alpha value is -1.71. The molecular formula is C16H24N2O2. The molecule has 2 amide bonds. The van der Waals surface area contributed by atoms with Crippen molar-refractivity contribution in [1.29, 1.82) is 0 Å². The fraction of sp³-hybridized carbons (Fsp3) is 0.562. The lowest BCUT2D eigenvalue weighted by atomic mass is 10.1. The summed E-state index contributed by atoms with van der Waals surface area (Å²) < 4.78 is 5.65. The van der Waals surface area contributed by atoms with Crippen LogP contribution in [-0.4, -0.2) is 37.2 Å². The summed E-state index contributed by atoms with van der Waals surface area (Å²) in [4.78, 5) is 13.8. The second-order valence-corrected chi connectivity index (χ2v) is 5.13. The molecule has 0 unspecified atom stereocenters. The second-order valence-electron chi connectivity index (χ2n) is 5.13. The summed E-state index contributed by atoms with van der Waals surface area (Å²) in [6.45, 7) is 4.94. The lowest BCUT2D eigenvalue weighted by Crippen LogP contribution is -2.43. The van der Waals surface area contributed by atoms with Crippen LogP contribution in [0.25, 0.3) is 0 Å². The Bertz CT molecular complexity index is 428. The maximum absolute atomic E-state index is 11.9. The first kappa shape index (κ1) is 14.7. The van der Waals surface area contributed by atoms with Gasteiger partial charge in [-0.25, -0.2) is 4.79 Å². The lowest BCUT2D eigenvalue weighted by molar-refractivity contribution is 0.184. The Morgan fingerprint density at radius 1 is 1.30 bits per heavy atom. The number of piperidine rings is 1. The average molecular weight is 276 g/mol. The first-order valence-electron chi connectivity index (χ1n) is 7.54. The topological polar surface area (TPSA) is 41.6 Å². The Kier molecular flexibility index (Phi) is 5.71. The maximum atomic E-state index is 11.9. The molecule has 1 aliphatic rings. The van der Waals surface area contributed by atoms with Crippen LogP contribution in [0.3, 0.4) is 0 Å². The van der Waals surface area contributed by atoms with E-state index in [2.05, 4.69) is 18.3 Å². The minimum atomic E-state index is 0.0376. The zero-order chi connectivity index (χ0) is 14.2. The van der Waals surface area contributed by atoms with E-state index in [0.717, 1.165) is 38.1 Å². The normalized spacial score (nSPS) is 14.9. The molecule has 0 aromatic heterocycles. The SMILES string of the molecule is CCc1cccc(OCCNC(=O)N2CCCCC2)c1. The molecule has 0 radical (unpaired) electrons. The number of amides is 2. The first-order chi connectivity index (χ1) is 9.79. The minimum absolute atomic E-state index is 0.0376. The smallest absolute Gasteiger partial charge is 0.317 e. The first-order valence-corrected chi connectivity index (χ1v) is 7.54. The van der Waals surface area contributed by atoms with Crippen molar-refractivity contribution in [3.63, 3.8) is 0 Å². The van der Waals surface area contributed by atoms with Crippen molar-refractivity contribution in [2.24, 2.45) is 0 Å². The highest BCUT2D eigenvalue weighted by molar-refractivity contribution is 5.74. The van der Waals surface area contributed by atoms with Gasteiger partial charge in [-0.05, 0) is 43.4 Å². The predicted molar refractivity (Wildman–Crippen MR) is 80.1 cm³/mol. The largest absolute Gasteiger partial charge is 0.492 e. The molecule has 1 aromatic rings. The monoisotopic (exact) mass is 276 g/mol. The molecule has 0 spiro atoms. The minimum Gasteiger partial charge on any atom is -0.492 e. The number of benzene rings is 1. The predicted octanol–water partition coefficient (Wildman–Crippen LogP) is 2.82. The van der Waals surface area contributed by atoms with Crippen LogP contribution < -0.4 is 10.1 Å². The molecule has 0 aliphatic carbocycles. The van der Waals surface area contributed by atoms with Gasteiger partial charge in [0.2, 0.25) is 0 Å². The zero-order valence-electron chi connectivity index (χ0n) is 12.2. The summed E-state index contributed by atoms with van der Waals surface area (Å²) in [6, 6.07) is 8.12. The van der Waals surface area contributed by atoms with Crippen molar-refractivity contribution in [3.8, 4) is 5.75 Å². The molecule has 0 bridgehead atoms. The van der Waals surface area contributed by atoms with Crippen LogP contribution in [0.2, 0.25) is 0 Å². The Morgan fingerprint density at radius 2 is 2.10 bits per heavy atom. The van der Waals surface area contributed by atoms with Crippen molar-refractivity contribution >= 4 is 6.03 Å². The van der Waals surface area contributed by atoms with E-state index < -0.39 is 0 Å². The fourth-order valence-corrected chi connectivity index (χ4v) is 2.39. The third-order valence-electron chi connectivity index (χ3n) is 3.60. The van der Waals surface area contributed by atoms with E-state index in [4.69, 9.17) is 4.74 Å². The van der Waals surface area contributed by atoms with E-state index in [1.165, 1.54) is 12.0 Å². The quantitative estimate of drug-likeness (QED) is 0.840. The van der Waals surface area contributed by atoms with Crippen molar-refractivity contribution in [1.82, 2.24) is 10.2 Å². The highest BCUT2D eigenvalue weighted by atomic mass is 16.5. The number of nitrogens with zero attached hydrogens (tertiary/aromatic N) is 1. The molecule has 1 aromatic carbocycles. The molecule has 0 atom stereocenters. The van der Waals surface area contributed by atoms with Gasteiger partial charge >= 0.3 is 6.03 Å². The molecule has 1 heterocycles. The number of likely N-dealkylation sites (tertiary alicyclic amines) is 1. The number of nitrogens with one attached hydrogen (secondary N) is 1. The highest BCUT2D eigenvalue weighted by Gasteiger charge is 2.15. The van der Waals surface area contributed by atoms with Gasteiger partial charge in [0.15, 0.2) is 0 Å². The Labute approximate surface area is 121 Å². The molecule has 20 heavy (non-hydrogen) atoms. The second kappa shape index (κ2) is 7.78. The van der Waals surface area contributed by atoms with Crippen LogP contribution in [0, 0.1) is 0 Å². The number of hydrogen-bond donors (Lipinski definition) is 1. The van der Waals surface area contributed by atoms with E-state index in [1.54, 1.807) is 0 Å². The molecule has 1 aliphatic heterocycles. The van der Waals surface area contributed by atoms with E-state index >= 15 is 0 Å². The van der Waals surface area contributed by atoms with E-state index in [0.29, 0.717) is 13.2 Å². The lowest BCUT2D eigenvalue weighted by Gasteiger charge is -2.26. The molecular weight excluding hydrogens is 252 g/mol. The summed E-state index contributed by atoms with van der Waals surface area (Å²) >= 11 is 0. The van der Waals surface area contributed by atoms with Crippen LogP contribution >= 0.6 is 0 Å². The third-order valence-corrected chi connectivity index (χ3v) is 3.60. The maximum Gasteiger partial charge on any atom is 0.317 e. The van der Waals surface area contributed by atoms with Crippen molar-refractivity contribution in [2.75, 3.05) is 26.2 Å². The molecule has 110 valence electrons. The number of rotatable bonds is 5. The molecule has 1 fully saturated rings. The standard InChI is InChI=1S/C16H24N2O2/c1-2-14-7-6-8-15(13-14)20-12-9-17-16(19)18-10-4-3-5-11-18/h6-8,13H,2-5,9-12H2,1H3,(H,17,19). The molecule has 2 rings (SSSR count). The van der Waals surface area contributed by atoms with Gasteiger partial charge in [0.25, 0.3) is 0 Å².